The summed E-state index contributed by atoms with van der Waals surface area (Å²) in [6.45, 7) is 0.623. The van der Waals surface area contributed by atoms with Crippen molar-refractivity contribution in [2.45, 2.75) is 12.8 Å². The number of hydrogen-bond donors (Lipinski definition) is 0. The first kappa shape index (κ1) is 5.71. The fourth-order valence-electron chi connectivity index (χ4n) is 1.35. The second-order valence-corrected chi connectivity index (χ2v) is 2.63. The van der Waals surface area contributed by atoms with Gasteiger partial charge < -0.3 is 4.74 Å². The molecule has 1 aliphatic carbocycles. The van der Waals surface area contributed by atoms with Crippen LogP contribution in [-0.4, -0.2) is 12.4 Å². The van der Waals surface area contributed by atoms with Gasteiger partial charge in [-0.2, -0.15) is 0 Å². The fraction of sp³-hybridized carbons (Fsp3) is 0.375. The molecule has 0 aromatic heterocycles. The molecule has 0 amide bonds. The molecule has 2 nitrogen and oxygen atoms in total. The molecule has 2 aliphatic rings. The maximum absolute atomic E-state index is 10.9. The van der Waals surface area contributed by atoms with E-state index in [-0.39, 0.29) is 0 Å². The molecule has 1 aliphatic heterocycles. The third-order valence-electron chi connectivity index (χ3n) is 1.88. The van der Waals surface area contributed by atoms with Crippen molar-refractivity contribution in [1.82, 2.24) is 0 Å². The van der Waals surface area contributed by atoms with Crippen LogP contribution in [-0.2, 0) is 9.53 Å². The second-order valence-electron chi connectivity index (χ2n) is 2.63. The van der Waals surface area contributed by atoms with Gasteiger partial charge in [-0.05, 0) is 17.2 Å². The molecule has 2 heteroatoms. The first-order valence-electron chi connectivity index (χ1n) is 3.37. The van der Waals surface area contributed by atoms with Gasteiger partial charge in [0.15, 0.2) is 0 Å². The van der Waals surface area contributed by atoms with Crippen LogP contribution in [0.4, 0.5) is 0 Å². The quantitative estimate of drug-likeness (QED) is 0.500. The van der Waals surface area contributed by atoms with Crippen LogP contribution >= 0.6 is 0 Å². The van der Waals surface area contributed by atoms with E-state index in [9.17, 15) is 4.79 Å². The monoisotopic (exact) mass is 136 g/mol. The van der Waals surface area contributed by atoms with Gasteiger partial charge in [0.2, 0.25) is 0 Å². The third-order valence-corrected chi connectivity index (χ3v) is 1.88. The van der Waals surface area contributed by atoms with Crippen LogP contribution in [0.25, 0.3) is 0 Å². The molecule has 2 rings (SSSR count). The van der Waals surface area contributed by atoms with Gasteiger partial charge in [0.1, 0.15) is 12.4 Å². The van der Waals surface area contributed by atoms with E-state index in [2.05, 4.69) is 0 Å². The van der Waals surface area contributed by atoms with Crippen LogP contribution in [0.3, 0.4) is 0 Å². The molecule has 0 spiro atoms. The lowest BCUT2D eigenvalue weighted by atomic mass is 10.1. The van der Waals surface area contributed by atoms with E-state index < -0.39 is 0 Å². The predicted molar refractivity (Wildman–Crippen MR) is 36.4 cm³/mol. The van der Waals surface area contributed by atoms with Gasteiger partial charge in [-0.3, -0.25) is 4.79 Å². The molecule has 0 aromatic carbocycles. The summed E-state index contributed by atoms with van der Waals surface area (Å²) in [5.41, 5.74) is 2.35. The molecule has 0 saturated carbocycles. The van der Waals surface area contributed by atoms with E-state index in [4.69, 9.17) is 4.74 Å². The van der Waals surface area contributed by atoms with Crippen molar-refractivity contribution >= 4 is 5.78 Å². The molecule has 0 N–H and O–H groups in total. The van der Waals surface area contributed by atoms with Crippen molar-refractivity contribution in [3.05, 3.63) is 23.5 Å². The molecule has 10 heavy (non-hydrogen) atoms. The summed E-state index contributed by atoms with van der Waals surface area (Å²) in [5.74, 6) is 0.320. The molecule has 0 fully saturated rings. The number of ether oxygens (including phenoxy) is 1. The first-order chi connectivity index (χ1) is 4.86. The lowest BCUT2D eigenvalue weighted by molar-refractivity contribution is -0.117. The summed E-state index contributed by atoms with van der Waals surface area (Å²) in [5, 5.41) is 0. The lowest BCUT2D eigenvalue weighted by Crippen LogP contribution is -1.97. The Hall–Kier alpha value is -1.05. The maximum atomic E-state index is 10.9. The normalized spacial score (nSPS) is 23.0. The molecule has 0 aromatic rings. The average molecular weight is 136 g/mol. The number of carbonyl (C=O) groups is 1. The standard InChI is InChI=1S/C8H8O2/c9-8-3-6-1-2-10-5-7(6)4-8/h1-2H,3-5H2. The zero-order valence-corrected chi connectivity index (χ0v) is 5.59. The number of carbonyl (C=O) groups excluding carboxylic acids is 1. The van der Waals surface area contributed by atoms with Crippen LogP contribution in [0.2, 0.25) is 0 Å². The van der Waals surface area contributed by atoms with Crippen LogP contribution < -0.4 is 0 Å². The minimum atomic E-state index is 0.320. The molecule has 0 radical (unpaired) electrons. The smallest absolute Gasteiger partial charge is 0.141 e. The molecule has 0 unspecified atom stereocenters. The molecule has 0 saturated heterocycles. The third kappa shape index (κ3) is 0.764. The van der Waals surface area contributed by atoms with Gasteiger partial charge in [-0.15, -0.1) is 0 Å². The van der Waals surface area contributed by atoms with Crippen LogP contribution in [0, 0.1) is 0 Å². The number of hydrogen-bond acceptors (Lipinski definition) is 2. The van der Waals surface area contributed by atoms with Crippen LogP contribution in [0.15, 0.2) is 23.5 Å². The topological polar surface area (TPSA) is 26.3 Å². The number of rotatable bonds is 0. The molecular formula is C8H8O2. The van der Waals surface area contributed by atoms with Crippen molar-refractivity contribution in [3.8, 4) is 0 Å². The van der Waals surface area contributed by atoms with E-state index >= 15 is 0 Å². The summed E-state index contributed by atoms with van der Waals surface area (Å²) in [6, 6.07) is 0. The van der Waals surface area contributed by atoms with Crippen molar-refractivity contribution in [2.75, 3.05) is 6.61 Å². The molecule has 52 valence electrons. The Morgan fingerprint density at radius 2 is 2.30 bits per heavy atom. The van der Waals surface area contributed by atoms with Crippen molar-refractivity contribution < 1.29 is 9.53 Å². The van der Waals surface area contributed by atoms with E-state index in [1.54, 1.807) is 6.26 Å². The fourth-order valence-corrected chi connectivity index (χ4v) is 1.35. The Kier molecular flexibility index (Phi) is 1.13. The van der Waals surface area contributed by atoms with E-state index in [0.29, 0.717) is 25.2 Å². The number of allylic oxidation sites excluding steroid dienone is 2. The Balaban J connectivity index is 2.29. The van der Waals surface area contributed by atoms with E-state index in [1.165, 1.54) is 11.1 Å². The summed E-state index contributed by atoms with van der Waals surface area (Å²) in [4.78, 5) is 10.9. The number of Topliss-reactive ketones (excluding diaryl/α,β-unsaturated/α-hetero) is 1. The highest BCUT2D eigenvalue weighted by atomic mass is 16.5. The maximum Gasteiger partial charge on any atom is 0.141 e. The minimum absolute atomic E-state index is 0.320. The molecular weight excluding hydrogens is 128 g/mol. The lowest BCUT2D eigenvalue weighted by Gasteiger charge is -2.07. The summed E-state index contributed by atoms with van der Waals surface area (Å²) >= 11 is 0. The zero-order valence-electron chi connectivity index (χ0n) is 5.59. The van der Waals surface area contributed by atoms with E-state index in [1.807, 2.05) is 6.08 Å². The van der Waals surface area contributed by atoms with E-state index in [0.717, 1.165) is 0 Å². The van der Waals surface area contributed by atoms with Crippen molar-refractivity contribution in [2.24, 2.45) is 0 Å². The highest BCUT2D eigenvalue weighted by Crippen LogP contribution is 2.26. The Bertz CT molecular complexity index is 236. The summed E-state index contributed by atoms with van der Waals surface area (Å²) in [7, 11) is 0. The Morgan fingerprint density at radius 1 is 1.40 bits per heavy atom. The van der Waals surface area contributed by atoms with Gasteiger partial charge in [-0.1, -0.05) is 0 Å². The largest absolute Gasteiger partial charge is 0.497 e. The molecule has 1 heterocycles. The SMILES string of the molecule is O=C1CC2=C(COC=C2)C1. The van der Waals surface area contributed by atoms with Crippen LogP contribution in [0.1, 0.15) is 12.8 Å². The molecule has 0 atom stereocenters. The summed E-state index contributed by atoms with van der Waals surface area (Å²) < 4.78 is 5.04. The minimum Gasteiger partial charge on any atom is -0.497 e. The molecule has 0 bridgehead atoms. The second kappa shape index (κ2) is 1.97. The first-order valence-corrected chi connectivity index (χ1v) is 3.37. The average Bonchev–Trinajstić information content (AvgIpc) is 2.27. The number of ketones is 1. The van der Waals surface area contributed by atoms with Crippen molar-refractivity contribution in [3.63, 3.8) is 0 Å². The highest BCUT2D eigenvalue weighted by Gasteiger charge is 2.21. The van der Waals surface area contributed by atoms with Crippen LogP contribution in [0.5, 0.6) is 0 Å². The van der Waals surface area contributed by atoms with Gasteiger partial charge in [-0.25, -0.2) is 0 Å². The van der Waals surface area contributed by atoms with Gasteiger partial charge >= 0.3 is 0 Å². The zero-order chi connectivity index (χ0) is 6.97. The van der Waals surface area contributed by atoms with Gasteiger partial charge in [0, 0.05) is 12.8 Å². The predicted octanol–water partition coefficient (Wildman–Crippen LogP) is 1.19. The highest BCUT2D eigenvalue weighted by molar-refractivity contribution is 5.88. The Labute approximate surface area is 59.2 Å². The summed E-state index contributed by atoms with van der Waals surface area (Å²) in [6.07, 6.45) is 4.79. The Morgan fingerprint density at radius 3 is 3.10 bits per heavy atom. The van der Waals surface area contributed by atoms with Crippen molar-refractivity contribution in [1.29, 1.82) is 0 Å². The van der Waals surface area contributed by atoms with Gasteiger partial charge in [0.25, 0.3) is 0 Å². The van der Waals surface area contributed by atoms with Gasteiger partial charge in [0.05, 0.1) is 6.26 Å².